The van der Waals surface area contributed by atoms with Crippen LogP contribution in [0, 0.1) is 6.92 Å². The van der Waals surface area contributed by atoms with Crippen molar-refractivity contribution >= 4 is 35.2 Å². The first-order valence-electron chi connectivity index (χ1n) is 9.95. The van der Waals surface area contributed by atoms with Gasteiger partial charge in [-0.05, 0) is 32.3 Å². The molecule has 1 saturated carbocycles. The van der Waals surface area contributed by atoms with Gasteiger partial charge in [0.05, 0.1) is 6.04 Å². The first-order valence-corrected chi connectivity index (χ1v) is 10.9. The maximum Gasteiger partial charge on any atom is 0.222 e. The Bertz CT molecular complexity index is 629. The molecule has 1 aromatic rings. The van der Waals surface area contributed by atoms with Crippen molar-refractivity contribution in [2.45, 2.75) is 71.0 Å². The molecule has 1 aliphatic heterocycles. The predicted molar refractivity (Wildman–Crippen MR) is 118 cm³/mol. The molecule has 1 aliphatic carbocycles. The van der Waals surface area contributed by atoms with Crippen molar-refractivity contribution < 1.29 is 4.79 Å². The molecule has 1 N–H and O–H groups in total. The summed E-state index contributed by atoms with van der Waals surface area (Å²) < 4.78 is 0. The SMILES string of the molecule is CCN1C(=NC2CCCCC2)SCC1CC(=O)NCc1ccc(C)cc1.Cl. The minimum Gasteiger partial charge on any atom is -0.352 e. The lowest BCUT2D eigenvalue weighted by Crippen LogP contribution is -2.38. The summed E-state index contributed by atoms with van der Waals surface area (Å²) in [6.45, 7) is 5.77. The molecule has 1 amide bonds. The van der Waals surface area contributed by atoms with E-state index in [1.807, 2.05) is 11.8 Å². The zero-order valence-electron chi connectivity index (χ0n) is 16.4. The minimum atomic E-state index is 0. The van der Waals surface area contributed by atoms with Crippen molar-refractivity contribution in [3.05, 3.63) is 35.4 Å². The molecule has 0 radical (unpaired) electrons. The number of thioether (sulfide) groups is 1. The normalized spacial score (nSPS) is 21.9. The number of amides is 1. The van der Waals surface area contributed by atoms with Crippen LogP contribution in [-0.4, -0.2) is 40.4 Å². The standard InChI is InChI=1S/C21H31N3OS.ClH/c1-3-24-19(15-26-21(24)23-18-7-5-4-6-8-18)13-20(25)22-14-17-11-9-16(2)10-12-17;/h9-12,18-19H,3-8,13-15H2,1-2H3,(H,22,25);1H. The molecule has 6 heteroatoms. The van der Waals surface area contributed by atoms with E-state index >= 15 is 0 Å². The Labute approximate surface area is 174 Å². The molecule has 1 saturated heterocycles. The molecule has 1 heterocycles. The number of aryl methyl sites for hydroxylation is 1. The molecular formula is C21H32ClN3OS. The number of nitrogens with one attached hydrogen (secondary N) is 1. The van der Waals surface area contributed by atoms with E-state index in [0.717, 1.165) is 23.0 Å². The highest BCUT2D eigenvalue weighted by atomic mass is 35.5. The molecule has 3 rings (SSSR count). The van der Waals surface area contributed by atoms with Gasteiger partial charge in [-0.25, -0.2) is 0 Å². The molecule has 0 aromatic heterocycles. The summed E-state index contributed by atoms with van der Waals surface area (Å²) in [6, 6.07) is 9.09. The number of aliphatic imine (C=N–C) groups is 1. The number of rotatable bonds is 6. The highest BCUT2D eigenvalue weighted by molar-refractivity contribution is 8.14. The Kier molecular flexibility index (Phi) is 8.97. The van der Waals surface area contributed by atoms with E-state index in [2.05, 4.69) is 48.3 Å². The average molecular weight is 410 g/mol. The summed E-state index contributed by atoms with van der Waals surface area (Å²) in [4.78, 5) is 19.8. The number of carbonyl (C=O) groups is 1. The van der Waals surface area contributed by atoms with Crippen molar-refractivity contribution in [2.24, 2.45) is 4.99 Å². The summed E-state index contributed by atoms with van der Waals surface area (Å²) in [5, 5.41) is 4.23. The van der Waals surface area contributed by atoms with Crippen molar-refractivity contribution in [3.8, 4) is 0 Å². The van der Waals surface area contributed by atoms with Crippen molar-refractivity contribution in [2.75, 3.05) is 12.3 Å². The number of nitrogens with zero attached hydrogens (tertiary/aromatic N) is 2. The quantitative estimate of drug-likeness (QED) is 0.749. The lowest BCUT2D eigenvalue weighted by molar-refractivity contribution is -0.122. The number of amidine groups is 1. The molecule has 27 heavy (non-hydrogen) atoms. The second-order valence-corrected chi connectivity index (χ2v) is 8.41. The molecular weight excluding hydrogens is 378 g/mol. The second-order valence-electron chi connectivity index (χ2n) is 7.42. The van der Waals surface area contributed by atoms with E-state index in [9.17, 15) is 4.79 Å². The summed E-state index contributed by atoms with van der Waals surface area (Å²) in [5.74, 6) is 1.10. The van der Waals surface area contributed by atoms with Crippen LogP contribution >= 0.6 is 24.2 Å². The van der Waals surface area contributed by atoms with E-state index in [-0.39, 0.29) is 24.4 Å². The molecule has 0 bridgehead atoms. The van der Waals surface area contributed by atoms with Crippen molar-refractivity contribution in [1.82, 2.24) is 10.2 Å². The van der Waals surface area contributed by atoms with Gasteiger partial charge in [-0.15, -0.1) is 12.4 Å². The van der Waals surface area contributed by atoms with E-state index in [4.69, 9.17) is 4.99 Å². The zero-order chi connectivity index (χ0) is 18.4. The Balaban J connectivity index is 0.00000261. The fraction of sp³-hybridized carbons (Fsp3) is 0.619. The number of carbonyl (C=O) groups excluding carboxylic acids is 1. The molecule has 2 aliphatic rings. The Morgan fingerprint density at radius 3 is 2.59 bits per heavy atom. The lowest BCUT2D eigenvalue weighted by atomic mass is 9.96. The molecule has 4 nitrogen and oxygen atoms in total. The maximum absolute atomic E-state index is 12.4. The Morgan fingerprint density at radius 1 is 1.22 bits per heavy atom. The minimum absolute atomic E-state index is 0. The van der Waals surface area contributed by atoms with Crippen LogP contribution in [0.4, 0.5) is 0 Å². The third-order valence-electron chi connectivity index (χ3n) is 5.33. The van der Waals surface area contributed by atoms with Gasteiger partial charge >= 0.3 is 0 Å². The Morgan fingerprint density at radius 2 is 1.93 bits per heavy atom. The van der Waals surface area contributed by atoms with Crippen LogP contribution in [0.3, 0.4) is 0 Å². The van der Waals surface area contributed by atoms with E-state index < -0.39 is 0 Å². The van der Waals surface area contributed by atoms with Gasteiger partial charge in [0.15, 0.2) is 5.17 Å². The largest absolute Gasteiger partial charge is 0.352 e. The number of halogens is 1. The number of hydrogen-bond acceptors (Lipinski definition) is 3. The van der Waals surface area contributed by atoms with Crippen molar-refractivity contribution in [3.63, 3.8) is 0 Å². The van der Waals surface area contributed by atoms with Crippen LogP contribution in [-0.2, 0) is 11.3 Å². The molecule has 1 atom stereocenters. The number of hydrogen-bond donors (Lipinski definition) is 1. The summed E-state index contributed by atoms with van der Waals surface area (Å²) in [6.07, 6.45) is 6.98. The third-order valence-corrected chi connectivity index (χ3v) is 6.48. The monoisotopic (exact) mass is 409 g/mol. The fourth-order valence-corrected chi connectivity index (χ4v) is 5.04. The van der Waals surface area contributed by atoms with Gasteiger partial charge in [-0.1, -0.05) is 60.9 Å². The lowest BCUT2D eigenvalue weighted by Gasteiger charge is -2.26. The third kappa shape index (κ3) is 6.42. The highest BCUT2D eigenvalue weighted by Crippen LogP contribution is 2.29. The van der Waals surface area contributed by atoms with Crippen LogP contribution in [0.1, 0.15) is 56.6 Å². The molecule has 2 fully saturated rings. The molecule has 0 spiro atoms. The van der Waals surface area contributed by atoms with Gasteiger partial charge < -0.3 is 10.2 Å². The molecule has 1 unspecified atom stereocenters. The van der Waals surface area contributed by atoms with Gasteiger partial charge in [-0.3, -0.25) is 9.79 Å². The molecule has 1 aromatic carbocycles. The smallest absolute Gasteiger partial charge is 0.222 e. The van der Waals surface area contributed by atoms with Crippen LogP contribution in [0.15, 0.2) is 29.3 Å². The summed E-state index contributed by atoms with van der Waals surface area (Å²) >= 11 is 1.83. The Hall–Kier alpha value is -1.20. The summed E-state index contributed by atoms with van der Waals surface area (Å²) in [5.41, 5.74) is 2.39. The summed E-state index contributed by atoms with van der Waals surface area (Å²) in [7, 11) is 0. The van der Waals surface area contributed by atoms with Gasteiger partial charge in [-0.2, -0.15) is 0 Å². The average Bonchev–Trinajstić information content (AvgIpc) is 3.03. The fourth-order valence-electron chi connectivity index (χ4n) is 3.73. The van der Waals surface area contributed by atoms with Gasteiger partial charge in [0.25, 0.3) is 0 Å². The van der Waals surface area contributed by atoms with Gasteiger partial charge in [0.2, 0.25) is 5.91 Å². The zero-order valence-corrected chi connectivity index (χ0v) is 18.1. The van der Waals surface area contributed by atoms with Crippen molar-refractivity contribution in [1.29, 1.82) is 0 Å². The van der Waals surface area contributed by atoms with Gasteiger partial charge in [0, 0.05) is 31.3 Å². The second kappa shape index (κ2) is 11.0. The van der Waals surface area contributed by atoms with E-state index in [1.165, 1.54) is 37.7 Å². The van der Waals surface area contributed by atoms with Gasteiger partial charge in [0.1, 0.15) is 0 Å². The van der Waals surface area contributed by atoms with Crippen LogP contribution < -0.4 is 5.32 Å². The highest BCUT2D eigenvalue weighted by Gasteiger charge is 2.31. The first-order chi connectivity index (χ1) is 12.7. The van der Waals surface area contributed by atoms with E-state index in [1.54, 1.807) is 0 Å². The van der Waals surface area contributed by atoms with Crippen LogP contribution in [0.2, 0.25) is 0 Å². The van der Waals surface area contributed by atoms with Crippen LogP contribution in [0.5, 0.6) is 0 Å². The first kappa shape index (κ1) is 22.1. The topological polar surface area (TPSA) is 44.7 Å². The molecule has 150 valence electrons. The maximum atomic E-state index is 12.4. The van der Waals surface area contributed by atoms with E-state index in [0.29, 0.717) is 19.0 Å². The van der Waals surface area contributed by atoms with Crippen LogP contribution in [0.25, 0.3) is 0 Å². The predicted octanol–water partition coefficient (Wildman–Crippen LogP) is 4.55. The number of benzene rings is 1.